The molecule has 1 amide bonds. The minimum atomic E-state index is -6.00. The molecule has 0 aromatic carbocycles. The van der Waals surface area contributed by atoms with E-state index >= 15 is 0 Å². The van der Waals surface area contributed by atoms with E-state index in [0.717, 1.165) is 5.06 Å². The Kier molecular flexibility index (Phi) is 6.61. The van der Waals surface area contributed by atoms with Crippen molar-refractivity contribution in [1.82, 2.24) is 14.8 Å². The number of aromatic nitrogens is 2. The lowest BCUT2D eigenvalue weighted by atomic mass is 10.1. The third kappa shape index (κ3) is 4.48. The van der Waals surface area contributed by atoms with Crippen LogP contribution in [-0.2, 0) is 32.6 Å². The summed E-state index contributed by atoms with van der Waals surface area (Å²) >= 11 is 0. The van der Waals surface area contributed by atoms with Crippen LogP contribution in [0.4, 0.5) is 13.2 Å². The van der Waals surface area contributed by atoms with Crippen LogP contribution >= 0.6 is 0 Å². The summed E-state index contributed by atoms with van der Waals surface area (Å²) < 4.78 is 65.3. The number of fused-ring (bicyclic) bond motifs is 1. The number of rotatable bonds is 5. The Bertz CT molecular complexity index is 1030. The lowest BCUT2D eigenvalue weighted by molar-refractivity contribution is -0.0761. The number of carbonyl (C=O) groups excluding carboxylic acids is 1. The van der Waals surface area contributed by atoms with Gasteiger partial charge in [0.1, 0.15) is 0 Å². The van der Waals surface area contributed by atoms with E-state index in [1.165, 1.54) is 32.0 Å². The topological polar surface area (TPSA) is 129 Å². The third-order valence-electron chi connectivity index (χ3n) is 4.26. The molecule has 14 heteroatoms. The van der Waals surface area contributed by atoms with Crippen molar-refractivity contribution in [1.29, 1.82) is 0 Å². The van der Waals surface area contributed by atoms with Crippen molar-refractivity contribution in [3.63, 3.8) is 0 Å². The van der Waals surface area contributed by atoms with Crippen LogP contribution in [-0.4, -0.2) is 54.9 Å². The zero-order chi connectivity index (χ0) is 22.9. The smallest absolute Gasteiger partial charge is 0.352 e. The number of alkyl halides is 3. The summed E-state index contributed by atoms with van der Waals surface area (Å²) in [6.07, 6.45) is 2.73. The SMILES string of the molecule is C=CC1=C(/N=C(\N)OS(=O)(=O)C(F)(F)F)c2c(c(C(=O)N(C)OC)nn2C)CCC1. The van der Waals surface area contributed by atoms with Crippen LogP contribution in [0.25, 0.3) is 5.70 Å². The number of nitrogens with two attached hydrogens (primary N) is 1. The molecule has 1 aliphatic carbocycles. The second-order valence-electron chi connectivity index (χ2n) is 6.15. The Morgan fingerprint density at radius 3 is 2.57 bits per heavy atom. The van der Waals surface area contributed by atoms with E-state index in [2.05, 4.69) is 20.9 Å². The van der Waals surface area contributed by atoms with Gasteiger partial charge >= 0.3 is 21.6 Å². The maximum atomic E-state index is 12.6. The number of nitrogens with zero attached hydrogens (tertiary/aromatic N) is 4. The largest absolute Gasteiger partial charge is 0.534 e. The number of hydroxylamine groups is 2. The van der Waals surface area contributed by atoms with Crippen molar-refractivity contribution in [3.05, 3.63) is 35.2 Å². The molecule has 2 N–H and O–H groups in total. The van der Waals surface area contributed by atoms with Crippen LogP contribution in [0.1, 0.15) is 34.6 Å². The summed E-state index contributed by atoms with van der Waals surface area (Å²) in [5.41, 5.74) is 0.923. The van der Waals surface area contributed by atoms with Crippen LogP contribution < -0.4 is 5.73 Å². The molecular formula is C16H20F3N5O5S. The predicted molar refractivity (Wildman–Crippen MR) is 100 cm³/mol. The molecule has 2 rings (SSSR count). The first kappa shape index (κ1) is 23.4. The van der Waals surface area contributed by atoms with E-state index in [1.54, 1.807) is 0 Å². The number of aliphatic imine (C=N–C) groups is 1. The molecule has 10 nitrogen and oxygen atoms in total. The highest BCUT2D eigenvalue weighted by molar-refractivity contribution is 7.88. The second kappa shape index (κ2) is 8.47. The van der Waals surface area contributed by atoms with Gasteiger partial charge in [-0.2, -0.15) is 31.7 Å². The molecule has 1 heterocycles. The van der Waals surface area contributed by atoms with Crippen LogP contribution in [0.5, 0.6) is 0 Å². The van der Waals surface area contributed by atoms with Gasteiger partial charge in [-0.1, -0.05) is 12.7 Å². The fourth-order valence-corrected chi connectivity index (χ4v) is 3.20. The summed E-state index contributed by atoms with van der Waals surface area (Å²) in [6, 6.07) is -1.24. The van der Waals surface area contributed by atoms with Crippen LogP contribution in [0.3, 0.4) is 0 Å². The Labute approximate surface area is 170 Å². The summed E-state index contributed by atoms with van der Waals surface area (Å²) in [7, 11) is -1.82. The van der Waals surface area contributed by atoms with E-state index in [1.807, 2.05) is 0 Å². The highest BCUT2D eigenvalue weighted by Crippen LogP contribution is 2.34. The Morgan fingerprint density at radius 2 is 2.03 bits per heavy atom. The molecule has 166 valence electrons. The van der Waals surface area contributed by atoms with Gasteiger partial charge in [-0.25, -0.2) is 5.06 Å². The first-order chi connectivity index (χ1) is 13.8. The minimum absolute atomic E-state index is 0.00138. The summed E-state index contributed by atoms with van der Waals surface area (Å²) in [6.45, 7) is 3.65. The molecule has 0 bridgehead atoms. The average Bonchev–Trinajstić information content (AvgIpc) is 2.85. The normalized spacial score (nSPS) is 15.5. The maximum Gasteiger partial charge on any atom is 0.534 e. The van der Waals surface area contributed by atoms with Gasteiger partial charge in [0.05, 0.1) is 18.5 Å². The molecule has 1 aromatic heterocycles. The minimum Gasteiger partial charge on any atom is -0.352 e. The Hall–Kier alpha value is -2.87. The van der Waals surface area contributed by atoms with Crippen molar-refractivity contribution in [2.75, 3.05) is 14.2 Å². The first-order valence-corrected chi connectivity index (χ1v) is 9.83. The van der Waals surface area contributed by atoms with E-state index in [9.17, 15) is 26.4 Å². The molecule has 0 fully saturated rings. The molecule has 0 saturated heterocycles. The molecule has 0 atom stereocenters. The van der Waals surface area contributed by atoms with Crippen molar-refractivity contribution < 1.29 is 35.4 Å². The molecule has 30 heavy (non-hydrogen) atoms. The summed E-state index contributed by atoms with van der Waals surface area (Å²) in [5, 5.41) is 5.13. The number of hydrogen-bond acceptors (Lipinski definition) is 7. The molecule has 0 spiro atoms. The molecule has 0 unspecified atom stereocenters. The standard InChI is InChI=1S/C16H20F3N5O5S/c1-5-9-7-6-8-10-12(14(25)24(3)28-4)22-23(2)13(10)11(9)21-15(20)29-30(26,27)16(17,18)19/h5H,1,6-8H2,2-4H3,(H2,20,21). The fourth-order valence-electron chi connectivity index (χ4n) is 2.84. The number of hydrogen-bond donors (Lipinski definition) is 1. The number of allylic oxidation sites excluding steroid dienone is 2. The fraction of sp³-hybridized carbons (Fsp3) is 0.438. The van der Waals surface area contributed by atoms with E-state index in [4.69, 9.17) is 10.6 Å². The third-order valence-corrected chi connectivity index (χ3v) is 5.21. The van der Waals surface area contributed by atoms with Gasteiger partial charge in [-0.3, -0.25) is 14.3 Å². The highest BCUT2D eigenvalue weighted by Gasteiger charge is 2.49. The van der Waals surface area contributed by atoms with Gasteiger partial charge in [0, 0.05) is 19.7 Å². The highest BCUT2D eigenvalue weighted by atomic mass is 32.2. The second-order valence-corrected chi connectivity index (χ2v) is 7.69. The lowest BCUT2D eigenvalue weighted by Crippen LogP contribution is -2.31. The van der Waals surface area contributed by atoms with Gasteiger partial charge in [-0.05, 0) is 24.8 Å². The van der Waals surface area contributed by atoms with Crippen LogP contribution in [0.15, 0.2) is 23.2 Å². The van der Waals surface area contributed by atoms with E-state index in [0.29, 0.717) is 30.4 Å². The van der Waals surface area contributed by atoms with Crippen molar-refractivity contribution >= 4 is 27.7 Å². The van der Waals surface area contributed by atoms with Crippen LogP contribution in [0, 0.1) is 0 Å². The Morgan fingerprint density at radius 1 is 1.40 bits per heavy atom. The predicted octanol–water partition coefficient (Wildman–Crippen LogP) is 1.47. The summed E-state index contributed by atoms with van der Waals surface area (Å²) in [5.74, 6) is -0.552. The molecular weight excluding hydrogens is 431 g/mol. The van der Waals surface area contributed by atoms with Crippen LogP contribution in [0.2, 0.25) is 0 Å². The first-order valence-electron chi connectivity index (χ1n) is 8.43. The van der Waals surface area contributed by atoms with Crippen molar-refractivity contribution in [2.24, 2.45) is 17.8 Å². The van der Waals surface area contributed by atoms with Crippen molar-refractivity contribution in [2.45, 2.75) is 24.8 Å². The monoisotopic (exact) mass is 451 g/mol. The number of amides is 1. The molecule has 1 aliphatic rings. The van der Waals surface area contributed by atoms with Gasteiger partial charge in [0.15, 0.2) is 5.69 Å². The number of carbonyl (C=O) groups is 1. The molecule has 1 aromatic rings. The number of aryl methyl sites for hydroxylation is 1. The van der Waals surface area contributed by atoms with Crippen molar-refractivity contribution in [3.8, 4) is 0 Å². The van der Waals surface area contributed by atoms with Gasteiger partial charge in [-0.15, -0.1) is 0 Å². The van der Waals surface area contributed by atoms with Gasteiger partial charge < -0.3 is 9.92 Å². The zero-order valence-electron chi connectivity index (χ0n) is 16.4. The molecule has 0 radical (unpaired) electrons. The van der Waals surface area contributed by atoms with Gasteiger partial charge in [0.25, 0.3) is 5.91 Å². The Balaban J connectivity index is 2.63. The molecule has 0 saturated carbocycles. The van der Waals surface area contributed by atoms with E-state index < -0.39 is 27.6 Å². The number of amidine groups is 1. The molecule has 0 aliphatic heterocycles. The number of halogens is 3. The zero-order valence-corrected chi connectivity index (χ0v) is 17.2. The quantitative estimate of drug-likeness (QED) is 0.236. The van der Waals surface area contributed by atoms with Gasteiger partial charge in [0.2, 0.25) is 0 Å². The van der Waals surface area contributed by atoms with E-state index in [-0.39, 0.29) is 17.1 Å². The summed E-state index contributed by atoms with van der Waals surface area (Å²) in [4.78, 5) is 21.2. The average molecular weight is 451 g/mol. The lowest BCUT2D eigenvalue weighted by Gasteiger charge is -2.13. The maximum absolute atomic E-state index is 12.6.